The minimum atomic E-state index is -1.51. The van der Waals surface area contributed by atoms with E-state index in [1.54, 1.807) is 36.4 Å². The third kappa shape index (κ3) is 6.48. The van der Waals surface area contributed by atoms with Gasteiger partial charge in [-0.05, 0) is 111 Å². The summed E-state index contributed by atoms with van der Waals surface area (Å²) in [5.74, 6) is -0.564. The van der Waals surface area contributed by atoms with Crippen molar-refractivity contribution in [1.29, 1.82) is 0 Å². The number of aliphatic carboxylic acids is 1. The molecule has 0 radical (unpaired) electrons. The Labute approximate surface area is 290 Å². The minimum Gasteiger partial charge on any atom is -0.506 e. The Kier molecular flexibility index (Phi) is 9.63. The average molecular weight is 681 g/mol. The van der Waals surface area contributed by atoms with E-state index in [0.717, 1.165) is 50.9 Å². The van der Waals surface area contributed by atoms with Crippen molar-refractivity contribution in [3.8, 4) is 11.5 Å². The number of benzene rings is 3. The molecule has 11 heteroatoms. The van der Waals surface area contributed by atoms with E-state index in [1.165, 1.54) is 12.1 Å². The summed E-state index contributed by atoms with van der Waals surface area (Å²) >= 11 is 0. The van der Waals surface area contributed by atoms with Crippen molar-refractivity contribution >= 4 is 22.8 Å². The molecule has 0 saturated carbocycles. The Bertz CT molecular complexity index is 1940. The first-order valence-electron chi connectivity index (χ1n) is 17.6. The molecular weight excluding hydrogens is 636 g/mol. The number of fused-ring (bicyclic) bond motifs is 5. The van der Waals surface area contributed by atoms with Crippen LogP contribution in [-0.2, 0) is 16.8 Å². The quantitative estimate of drug-likeness (QED) is 0.115. The van der Waals surface area contributed by atoms with Gasteiger partial charge in [-0.2, -0.15) is 0 Å². The van der Waals surface area contributed by atoms with Crippen molar-refractivity contribution in [2.45, 2.75) is 43.7 Å². The molecule has 3 saturated heterocycles. The molecule has 3 aromatic carbocycles. The number of hydrogen-bond donors (Lipinski definition) is 6. The lowest BCUT2D eigenvalue weighted by Gasteiger charge is -2.50. The lowest BCUT2D eigenvalue weighted by atomic mass is 9.66. The van der Waals surface area contributed by atoms with Gasteiger partial charge in [0.25, 0.3) is 5.91 Å². The maximum atomic E-state index is 13.9. The Hall–Kier alpha value is -4.71. The molecule has 2 bridgehead atoms. The number of rotatable bonds is 13. The molecule has 1 amide bonds. The van der Waals surface area contributed by atoms with Gasteiger partial charge < -0.3 is 40.6 Å². The van der Waals surface area contributed by atoms with Crippen LogP contribution in [-0.4, -0.2) is 76.4 Å². The van der Waals surface area contributed by atoms with Crippen LogP contribution in [0.3, 0.4) is 0 Å². The van der Waals surface area contributed by atoms with Gasteiger partial charge in [0.2, 0.25) is 5.56 Å². The second kappa shape index (κ2) is 14.3. The topological polar surface area (TPSA) is 164 Å². The van der Waals surface area contributed by atoms with Crippen LogP contribution >= 0.6 is 0 Å². The monoisotopic (exact) mass is 680 g/mol. The number of carboxylic acid groups (broad SMARTS) is 1. The molecule has 8 rings (SSSR count). The molecule has 3 fully saturated rings. The fraction of sp³-hybridized carbons (Fsp3) is 0.410. The molecule has 4 aliphatic rings. The number of hydrogen-bond acceptors (Lipinski definition) is 8. The first-order valence-corrected chi connectivity index (χ1v) is 17.6. The number of amides is 1. The van der Waals surface area contributed by atoms with E-state index < -0.39 is 23.5 Å². The number of ether oxygens (including phenoxy) is 1. The lowest BCUT2D eigenvalue weighted by molar-refractivity contribution is -0.150. The molecule has 4 heterocycles. The second-order valence-electron chi connectivity index (χ2n) is 13.9. The molecule has 4 atom stereocenters. The van der Waals surface area contributed by atoms with Gasteiger partial charge in [-0.1, -0.05) is 36.4 Å². The fourth-order valence-corrected chi connectivity index (χ4v) is 8.52. The van der Waals surface area contributed by atoms with Crippen LogP contribution in [0.15, 0.2) is 77.6 Å². The van der Waals surface area contributed by atoms with E-state index in [-0.39, 0.29) is 23.1 Å². The lowest BCUT2D eigenvalue weighted by Crippen LogP contribution is -2.60. The highest BCUT2D eigenvalue weighted by molar-refractivity contribution is 5.99. The number of unbranched alkanes of at least 4 members (excludes halogenated alkanes) is 1. The summed E-state index contributed by atoms with van der Waals surface area (Å²) < 4.78 is 5.98. The predicted molar refractivity (Wildman–Crippen MR) is 188 cm³/mol. The highest BCUT2D eigenvalue weighted by Gasteiger charge is 2.58. The predicted octanol–water partition coefficient (Wildman–Crippen LogP) is 3.94. The molecule has 1 aromatic heterocycles. The summed E-state index contributed by atoms with van der Waals surface area (Å²) in [6, 6.07) is 20.6. The normalized spacial score (nSPS) is 24.5. The van der Waals surface area contributed by atoms with Crippen LogP contribution in [0, 0.1) is 17.8 Å². The summed E-state index contributed by atoms with van der Waals surface area (Å²) in [6.07, 6.45) is 3.43. The van der Waals surface area contributed by atoms with Crippen molar-refractivity contribution in [3.63, 3.8) is 0 Å². The number of nitrogens with zero attached hydrogens (tertiary/aromatic N) is 1. The van der Waals surface area contributed by atoms with E-state index in [9.17, 15) is 29.7 Å². The molecule has 6 N–H and O–H groups in total. The van der Waals surface area contributed by atoms with E-state index in [1.807, 2.05) is 24.3 Å². The third-order valence-corrected chi connectivity index (χ3v) is 11.0. The number of aromatic amines is 1. The molecule has 262 valence electrons. The Morgan fingerprint density at radius 1 is 1.02 bits per heavy atom. The molecule has 3 aliphatic heterocycles. The average Bonchev–Trinajstić information content (AvgIpc) is 3.47. The molecular formula is C39H44N4O7. The van der Waals surface area contributed by atoms with Gasteiger partial charge in [-0.25, -0.2) is 4.79 Å². The number of pyridine rings is 1. The van der Waals surface area contributed by atoms with Crippen molar-refractivity contribution in [3.05, 3.63) is 105 Å². The van der Waals surface area contributed by atoms with Crippen molar-refractivity contribution in [1.82, 2.24) is 20.5 Å². The highest BCUT2D eigenvalue weighted by atomic mass is 16.5. The zero-order chi connectivity index (χ0) is 34.8. The zero-order valence-electron chi connectivity index (χ0n) is 27.9. The molecule has 11 nitrogen and oxygen atoms in total. The Morgan fingerprint density at radius 2 is 1.84 bits per heavy atom. The van der Waals surface area contributed by atoms with Crippen LogP contribution < -0.4 is 20.9 Å². The number of phenolic OH excluding ortho intramolecular Hbond substituents is 1. The first kappa shape index (κ1) is 33.8. The Balaban J connectivity index is 0.943. The number of carbonyl (C=O) groups excluding carboxylic acids is 1. The van der Waals surface area contributed by atoms with E-state index in [4.69, 9.17) is 4.74 Å². The smallest absolute Gasteiger partial charge is 0.334 e. The second-order valence-corrected chi connectivity index (χ2v) is 13.9. The molecule has 50 heavy (non-hydrogen) atoms. The minimum absolute atomic E-state index is 0.0511. The van der Waals surface area contributed by atoms with E-state index >= 15 is 0 Å². The van der Waals surface area contributed by atoms with Gasteiger partial charge in [-0.15, -0.1) is 0 Å². The summed E-state index contributed by atoms with van der Waals surface area (Å²) in [4.78, 5) is 43.9. The van der Waals surface area contributed by atoms with Crippen LogP contribution in [0.5, 0.6) is 11.5 Å². The summed E-state index contributed by atoms with van der Waals surface area (Å²) in [7, 11) is 0. The molecule has 4 aromatic rings. The van der Waals surface area contributed by atoms with Gasteiger partial charge in [0.05, 0.1) is 18.2 Å². The van der Waals surface area contributed by atoms with Crippen LogP contribution in [0.25, 0.3) is 10.9 Å². The number of aromatic nitrogens is 1. The van der Waals surface area contributed by atoms with Crippen molar-refractivity contribution < 1.29 is 29.6 Å². The van der Waals surface area contributed by atoms with Gasteiger partial charge in [0, 0.05) is 36.0 Å². The number of piperidine rings is 3. The highest BCUT2D eigenvalue weighted by Crippen LogP contribution is 2.50. The maximum absolute atomic E-state index is 13.9. The fourth-order valence-electron chi connectivity index (χ4n) is 8.52. The van der Waals surface area contributed by atoms with Gasteiger partial charge in [0.1, 0.15) is 11.5 Å². The van der Waals surface area contributed by atoms with Gasteiger partial charge in [-0.3, -0.25) is 9.59 Å². The zero-order valence-corrected chi connectivity index (χ0v) is 27.9. The first-order chi connectivity index (χ1) is 24.2. The summed E-state index contributed by atoms with van der Waals surface area (Å²) in [5.41, 5.74) is 1.09. The number of nitrogens with one attached hydrogen (secondary N) is 3. The van der Waals surface area contributed by atoms with Crippen molar-refractivity contribution in [2.24, 2.45) is 17.8 Å². The summed E-state index contributed by atoms with van der Waals surface area (Å²) in [6.45, 7) is 4.33. The Morgan fingerprint density at radius 3 is 2.62 bits per heavy atom. The van der Waals surface area contributed by atoms with Crippen LogP contribution in [0.4, 0.5) is 0 Å². The standard InChI is InChI=1S/C39H44N4O7/c44-33-12-10-28(29-11-13-35(46)41-36(29)33)34(45)22-40-16-3-4-19-50-27-8-5-7-26(20-27)37(47)42-39(38(48)49)31-9-2-1-6-25(31)21-32(39)30-23-43-17-14-24(30)15-18-43/h1-2,5-13,20,24,30,32,34,40,44-45H,3-4,14-19,21-23H2,(H,41,46)(H,42,47)(H,48,49)/t30?,32?,34?,39-/m0/s1. The molecule has 3 unspecified atom stereocenters. The molecule has 0 spiro atoms. The molecule has 1 aliphatic carbocycles. The van der Waals surface area contributed by atoms with Gasteiger partial charge in [0.15, 0.2) is 5.54 Å². The number of phenols is 1. The number of aliphatic hydroxyl groups excluding tert-OH is 1. The van der Waals surface area contributed by atoms with Crippen LogP contribution in [0.2, 0.25) is 0 Å². The van der Waals surface area contributed by atoms with Gasteiger partial charge >= 0.3 is 5.97 Å². The van der Waals surface area contributed by atoms with Crippen molar-refractivity contribution in [2.75, 3.05) is 39.3 Å². The number of carboxylic acids is 1. The number of H-pyrrole nitrogens is 1. The number of aliphatic hydroxyl groups is 1. The third-order valence-electron chi connectivity index (χ3n) is 11.0. The number of aromatic hydroxyl groups is 1. The summed E-state index contributed by atoms with van der Waals surface area (Å²) in [5, 5.41) is 38.6. The number of carbonyl (C=O) groups is 2. The van der Waals surface area contributed by atoms with E-state index in [2.05, 4.69) is 20.5 Å². The maximum Gasteiger partial charge on any atom is 0.334 e. The van der Waals surface area contributed by atoms with E-state index in [0.29, 0.717) is 65.4 Å². The SMILES string of the molecule is O=C(N[C@@]1(C(=O)O)c2ccccc2CC1C1CN2CCC1CC2)c1cccc(OCCCCNCC(O)c2ccc(O)c3[nH]c(=O)ccc23)c1. The largest absolute Gasteiger partial charge is 0.506 e. The van der Waals surface area contributed by atoms with Crippen LogP contribution in [0.1, 0.15) is 58.8 Å².